The number of carbonyl (C=O) groups excluding carboxylic acids is 1. The molecule has 8 heteroatoms. The van der Waals surface area contributed by atoms with Gasteiger partial charge in [-0.3, -0.25) is 9.78 Å². The fraction of sp³-hybridized carbons (Fsp3) is 0.294. The summed E-state index contributed by atoms with van der Waals surface area (Å²) in [7, 11) is -3.65. The number of sulfonamides is 1. The maximum absolute atomic E-state index is 12.3. The molecular formula is C17H20ClN3O3S. The number of benzene rings is 1. The van der Waals surface area contributed by atoms with Crippen LogP contribution in [0.4, 0.5) is 0 Å². The van der Waals surface area contributed by atoms with E-state index >= 15 is 0 Å². The lowest BCUT2D eigenvalue weighted by Crippen LogP contribution is -2.37. The SMILES string of the molecule is CC(=O)N(CCNS(=O)(=O)c1ccc(Cl)c(C)c1)Cc1cccnc1. The van der Waals surface area contributed by atoms with Crippen molar-refractivity contribution in [2.24, 2.45) is 0 Å². The van der Waals surface area contributed by atoms with Gasteiger partial charge in [0, 0.05) is 44.0 Å². The first kappa shape index (κ1) is 19.4. The zero-order valence-electron chi connectivity index (χ0n) is 14.1. The highest BCUT2D eigenvalue weighted by atomic mass is 35.5. The Balaban J connectivity index is 1.98. The summed E-state index contributed by atoms with van der Waals surface area (Å²) in [5, 5.41) is 0.512. The van der Waals surface area contributed by atoms with E-state index in [0.29, 0.717) is 17.1 Å². The topological polar surface area (TPSA) is 79.4 Å². The van der Waals surface area contributed by atoms with Gasteiger partial charge < -0.3 is 4.90 Å². The summed E-state index contributed by atoms with van der Waals surface area (Å²) >= 11 is 5.92. The molecule has 0 aliphatic heterocycles. The van der Waals surface area contributed by atoms with Crippen molar-refractivity contribution in [3.63, 3.8) is 0 Å². The van der Waals surface area contributed by atoms with Crippen LogP contribution in [0.5, 0.6) is 0 Å². The fourth-order valence-electron chi connectivity index (χ4n) is 2.24. The zero-order chi connectivity index (χ0) is 18.4. The number of carbonyl (C=O) groups is 1. The Morgan fingerprint density at radius 3 is 2.68 bits per heavy atom. The van der Waals surface area contributed by atoms with E-state index in [-0.39, 0.29) is 23.9 Å². The van der Waals surface area contributed by atoms with Gasteiger partial charge in [-0.2, -0.15) is 0 Å². The van der Waals surface area contributed by atoms with Crippen molar-refractivity contribution in [2.75, 3.05) is 13.1 Å². The molecule has 0 saturated heterocycles. The predicted molar refractivity (Wildman–Crippen MR) is 96.7 cm³/mol. The fourth-order valence-corrected chi connectivity index (χ4v) is 3.47. The highest BCUT2D eigenvalue weighted by Gasteiger charge is 2.16. The molecule has 0 saturated carbocycles. The number of halogens is 1. The van der Waals surface area contributed by atoms with Crippen molar-refractivity contribution in [2.45, 2.75) is 25.3 Å². The van der Waals surface area contributed by atoms with Crippen LogP contribution in [0.2, 0.25) is 5.02 Å². The van der Waals surface area contributed by atoms with Gasteiger partial charge in [0.2, 0.25) is 15.9 Å². The molecule has 1 N–H and O–H groups in total. The van der Waals surface area contributed by atoms with Crippen LogP contribution >= 0.6 is 11.6 Å². The average molecular weight is 382 g/mol. The van der Waals surface area contributed by atoms with Gasteiger partial charge >= 0.3 is 0 Å². The second-order valence-electron chi connectivity index (χ2n) is 5.61. The number of aromatic nitrogens is 1. The van der Waals surface area contributed by atoms with E-state index < -0.39 is 10.0 Å². The van der Waals surface area contributed by atoms with Gasteiger partial charge in [0.05, 0.1) is 4.90 Å². The maximum atomic E-state index is 12.3. The van der Waals surface area contributed by atoms with Crippen LogP contribution in [-0.2, 0) is 21.4 Å². The normalized spacial score (nSPS) is 11.3. The lowest BCUT2D eigenvalue weighted by Gasteiger charge is -2.21. The molecule has 1 heterocycles. The molecule has 25 heavy (non-hydrogen) atoms. The number of pyridine rings is 1. The molecule has 0 unspecified atom stereocenters. The van der Waals surface area contributed by atoms with Crippen molar-refractivity contribution in [1.82, 2.24) is 14.6 Å². The molecule has 0 radical (unpaired) electrons. The molecule has 0 aliphatic carbocycles. The molecule has 2 aromatic rings. The van der Waals surface area contributed by atoms with E-state index in [2.05, 4.69) is 9.71 Å². The van der Waals surface area contributed by atoms with E-state index in [1.54, 1.807) is 36.4 Å². The summed E-state index contributed by atoms with van der Waals surface area (Å²) in [6.45, 7) is 3.95. The quantitative estimate of drug-likeness (QED) is 0.798. The van der Waals surface area contributed by atoms with Crippen molar-refractivity contribution in [3.05, 3.63) is 58.9 Å². The van der Waals surface area contributed by atoms with Gasteiger partial charge in [-0.25, -0.2) is 13.1 Å². The van der Waals surface area contributed by atoms with Crippen LogP contribution in [0.25, 0.3) is 0 Å². The molecule has 0 spiro atoms. The van der Waals surface area contributed by atoms with Crippen molar-refractivity contribution in [3.8, 4) is 0 Å². The minimum absolute atomic E-state index is 0.115. The molecule has 1 aromatic heterocycles. The summed E-state index contributed by atoms with van der Waals surface area (Å²) in [6, 6.07) is 8.18. The number of nitrogens with one attached hydrogen (secondary N) is 1. The lowest BCUT2D eigenvalue weighted by atomic mass is 10.2. The molecule has 6 nitrogen and oxygen atoms in total. The molecule has 0 atom stereocenters. The van der Waals surface area contributed by atoms with Crippen molar-refractivity contribution in [1.29, 1.82) is 0 Å². The van der Waals surface area contributed by atoms with Crippen LogP contribution in [0.1, 0.15) is 18.1 Å². The van der Waals surface area contributed by atoms with Gasteiger partial charge in [-0.1, -0.05) is 17.7 Å². The van der Waals surface area contributed by atoms with Crippen LogP contribution in [0.3, 0.4) is 0 Å². The van der Waals surface area contributed by atoms with E-state index in [1.807, 2.05) is 6.07 Å². The average Bonchev–Trinajstić information content (AvgIpc) is 2.57. The molecule has 0 bridgehead atoms. The largest absolute Gasteiger partial charge is 0.337 e. The van der Waals surface area contributed by atoms with Crippen molar-refractivity contribution >= 4 is 27.5 Å². The Labute approximate surface area is 152 Å². The Kier molecular flexibility index (Phi) is 6.52. The Hall–Kier alpha value is -1.96. The second kappa shape index (κ2) is 8.42. The molecule has 2 rings (SSSR count). The standard InChI is InChI=1S/C17H20ClN3O3S/c1-13-10-16(5-6-17(13)18)25(23,24)20-8-9-21(14(2)22)12-15-4-3-7-19-11-15/h3-7,10-11,20H,8-9,12H2,1-2H3. The zero-order valence-corrected chi connectivity index (χ0v) is 15.6. The predicted octanol–water partition coefficient (Wildman–Crippen LogP) is 2.37. The van der Waals surface area contributed by atoms with Crippen LogP contribution in [0.15, 0.2) is 47.6 Å². The molecule has 1 amide bonds. The number of rotatable bonds is 7. The third-order valence-corrected chi connectivity index (χ3v) is 5.54. The third-order valence-electron chi connectivity index (χ3n) is 3.66. The molecular weight excluding hydrogens is 362 g/mol. The lowest BCUT2D eigenvalue weighted by molar-refractivity contribution is -0.129. The Bertz CT molecular complexity index is 841. The minimum atomic E-state index is -3.65. The molecule has 134 valence electrons. The van der Waals surface area contributed by atoms with Crippen LogP contribution < -0.4 is 4.72 Å². The highest BCUT2D eigenvalue weighted by molar-refractivity contribution is 7.89. The molecule has 0 aliphatic rings. The summed E-state index contributed by atoms with van der Waals surface area (Å²) in [5.74, 6) is -0.134. The van der Waals surface area contributed by atoms with E-state index in [1.165, 1.54) is 19.1 Å². The third kappa shape index (κ3) is 5.52. The first-order chi connectivity index (χ1) is 11.8. The van der Waals surface area contributed by atoms with Gasteiger partial charge in [-0.05, 0) is 42.3 Å². The smallest absolute Gasteiger partial charge is 0.240 e. The van der Waals surface area contributed by atoms with E-state index in [9.17, 15) is 13.2 Å². The Morgan fingerprint density at radius 2 is 2.08 bits per heavy atom. The van der Waals surface area contributed by atoms with Crippen molar-refractivity contribution < 1.29 is 13.2 Å². The summed E-state index contributed by atoms with van der Waals surface area (Å²) < 4.78 is 27.2. The number of amides is 1. The first-order valence-electron chi connectivity index (χ1n) is 7.70. The summed E-state index contributed by atoms with van der Waals surface area (Å²) in [5.41, 5.74) is 1.57. The molecule has 0 fully saturated rings. The van der Waals surface area contributed by atoms with E-state index in [4.69, 9.17) is 11.6 Å². The number of hydrogen-bond acceptors (Lipinski definition) is 4. The monoisotopic (exact) mass is 381 g/mol. The van der Waals surface area contributed by atoms with E-state index in [0.717, 1.165) is 5.56 Å². The van der Waals surface area contributed by atoms with Crippen LogP contribution in [-0.4, -0.2) is 37.3 Å². The van der Waals surface area contributed by atoms with Gasteiger partial charge in [0.1, 0.15) is 0 Å². The first-order valence-corrected chi connectivity index (χ1v) is 9.56. The maximum Gasteiger partial charge on any atom is 0.240 e. The number of aryl methyl sites for hydroxylation is 1. The van der Waals surface area contributed by atoms with Crippen LogP contribution in [0, 0.1) is 6.92 Å². The Morgan fingerprint density at radius 1 is 1.32 bits per heavy atom. The number of nitrogens with zero attached hydrogens (tertiary/aromatic N) is 2. The van der Waals surface area contributed by atoms with Gasteiger partial charge in [0.25, 0.3) is 0 Å². The molecule has 1 aromatic carbocycles. The highest BCUT2D eigenvalue weighted by Crippen LogP contribution is 2.19. The summed E-state index contributed by atoms with van der Waals surface area (Å²) in [6.07, 6.45) is 3.33. The number of hydrogen-bond donors (Lipinski definition) is 1. The summed E-state index contributed by atoms with van der Waals surface area (Å²) in [4.78, 5) is 17.5. The second-order valence-corrected chi connectivity index (χ2v) is 7.78. The minimum Gasteiger partial charge on any atom is -0.337 e. The van der Waals surface area contributed by atoms with Gasteiger partial charge in [0.15, 0.2) is 0 Å². The van der Waals surface area contributed by atoms with Gasteiger partial charge in [-0.15, -0.1) is 0 Å².